The summed E-state index contributed by atoms with van der Waals surface area (Å²) in [6.07, 6.45) is 0. The van der Waals surface area contributed by atoms with Crippen LogP contribution in [0.2, 0.25) is 0 Å². The first-order valence-electron chi connectivity index (χ1n) is 5.81. The minimum atomic E-state index is 0.0409. The zero-order chi connectivity index (χ0) is 13.9. The predicted molar refractivity (Wildman–Crippen MR) is 73.0 cm³/mol. The zero-order valence-electron chi connectivity index (χ0n) is 11.9. The molecule has 0 aromatic carbocycles. The zero-order valence-corrected chi connectivity index (χ0v) is 11.9. The van der Waals surface area contributed by atoms with E-state index in [4.69, 9.17) is 0 Å². The molecule has 18 heavy (non-hydrogen) atoms. The van der Waals surface area contributed by atoms with Gasteiger partial charge in [0.15, 0.2) is 0 Å². The molecule has 0 saturated carbocycles. The van der Waals surface area contributed by atoms with E-state index in [-0.39, 0.29) is 5.91 Å². The quantitative estimate of drug-likeness (QED) is 0.852. The lowest BCUT2D eigenvalue weighted by Gasteiger charge is -2.22. The Bertz CT molecular complexity index is 444. The molecule has 0 aliphatic heterocycles. The third-order valence-electron chi connectivity index (χ3n) is 2.70. The number of anilines is 2. The molecule has 100 valence electrons. The topological polar surface area (TPSA) is 61.4 Å². The van der Waals surface area contributed by atoms with Gasteiger partial charge in [0.05, 0.1) is 6.54 Å². The number of carbonyl (C=O) groups excluding carboxylic acids is 1. The van der Waals surface area contributed by atoms with Crippen LogP contribution in [0.3, 0.4) is 0 Å². The second-order valence-electron chi connectivity index (χ2n) is 4.46. The summed E-state index contributed by atoms with van der Waals surface area (Å²) in [6, 6.07) is 0. The van der Waals surface area contributed by atoms with Gasteiger partial charge in [-0.25, -0.2) is 9.97 Å². The molecule has 1 N–H and O–H groups in total. The van der Waals surface area contributed by atoms with E-state index < -0.39 is 0 Å². The van der Waals surface area contributed by atoms with Gasteiger partial charge in [0.25, 0.3) is 0 Å². The van der Waals surface area contributed by atoms with E-state index in [0.717, 1.165) is 17.2 Å². The number of likely N-dealkylation sites (N-methyl/N-ethyl adjacent to an activating group) is 2. The number of carbonyl (C=O) groups is 1. The Kier molecular flexibility index (Phi) is 4.47. The van der Waals surface area contributed by atoms with Crippen LogP contribution in [0.5, 0.6) is 0 Å². The van der Waals surface area contributed by atoms with Crippen LogP contribution in [-0.4, -0.2) is 55.5 Å². The monoisotopic (exact) mass is 251 g/mol. The summed E-state index contributed by atoms with van der Waals surface area (Å²) in [5.74, 6) is 2.30. The predicted octanol–water partition coefficient (Wildman–Crippen LogP) is 0.660. The van der Waals surface area contributed by atoms with Gasteiger partial charge in [0, 0.05) is 33.8 Å². The number of aromatic nitrogens is 2. The maximum Gasteiger partial charge on any atom is 0.241 e. The molecule has 0 atom stereocenters. The van der Waals surface area contributed by atoms with Gasteiger partial charge in [-0.05, 0) is 13.8 Å². The van der Waals surface area contributed by atoms with Crippen LogP contribution >= 0.6 is 0 Å². The highest BCUT2D eigenvalue weighted by molar-refractivity contribution is 5.81. The normalized spacial score (nSPS) is 10.1. The molecule has 0 fully saturated rings. The van der Waals surface area contributed by atoms with Crippen LogP contribution in [-0.2, 0) is 4.79 Å². The molecule has 1 amide bonds. The molecule has 1 aromatic heterocycles. The van der Waals surface area contributed by atoms with Crippen molar-refractivity contribution in [3.63, 3.8) is 0 Å². The van der Waals surface area contributed by atoms with Crippen molar-refractivity contribution in [2.24, 2.45) is 0 Å². The van der Waals surface area contributed by atoms with Crippen molar-refractivity contribution >= 4 is 17.5 Å². The van der Waals surface area contributed by atoms with Crippen LogP contribution in [0, 0.1) is 13.8 Å². The summed E-state index contributed by atoms with van der Waals surface area (Å²) >= 11 is 0. The van der Waals surface area contributed by atoms with Gasteiger partial charge in [-0.2, -0.15) is 0 Å². The largest absolute Gasteiger partial charge is 0.373 e. The van der Waals surface area contributed by atoms with Crippen LogP contribution in [0.1, 0.15) is 11.4 Å². The summed E-state index contributed by atoms with van der Waals surface area (Å²) in [5, 5.41) is 3.03. The summed E-state index contributed by atoms with van der Waals surface area (Å²) in [7, 11) is 7.17. The molecule has 0 bridgehead atoms. The van der Waals surface area contributed by atoms with E-state index in [0.29, 0.717) is 12.4 Å². The highest BCUT2D eigenvalue weighted by Crippen LogP contribution is 2.22. The lowest BCUT2D eigenvalue weighted by atomic mass is 10.3. The molecular formula is C12H21N5O. The summed E-state index contributed by atoms with van der Waals surface area (Å²) in [5.41, 5.74) is 0.942. The first-order valence-corrected chi connectivity index (χ1v) is 5.81. The number of nitrogens with one attached hydrogen (secondary N) is 1. The van der Waals surface area contributed by atoms with Gasteiger partial charge in [0.2, 0.25) is 5.91 Å². The molecule has 6 heteroatoms. The maximum absolute atomic E-state index is 11.7. The van der Waals surface area contributed by atoms with Gasteiger partial charge in [-0.1, -0.05) is 0 Å². The smallest absolute Gasteiger partial charge is 0.241 e. The maximum atomic E-state index is 11.7. The lowest BCUT2D eigenvalue weighted by Crippen LogP contribution is -2.35. The van der Waals surface area contributed by atoms with E-state index >= 15 is 0 Å². The van der Waals surface area contributed by atoms with Crippen LogP contribution in [0.15, 0.2) is 0 Å². The molecule has 0 spiro atoms. The van der Waals surface area contributed by atoms with Gasteiger partial charge in [-0.3, -0.25) is 4.79 Å². The summed E-state index contributed by atoms with van der Waals surface area (Å²) in [6.45, 7) is 4.08. The first-order chi connectivity index (χ1) is 8.36. The number of hydrogen-bond donors (Lipinski definition) is 1. The Balaban J connectivity index is 3.02. The van der Waals surface area contributed by atoms with Crippen molar-refractivity contribution < 1.29 is 4.79 Å². The molecule has 1 heterocycles. The van der Waals surface area contributed by atoms with Crippen molar-refractivity contribution in [2.45, 2.75) is 13.8 Å². The fourth-order valence-corrected chi connectivity index (χ4v) is 1.65. The van der Waals surface area contributed by atoms with Crippen molar-refractivity contribution in [3.8, 4) is 0 Å². The second-order valence-corrected chi connectivity index (χ2v) is 4.46. The first kappa shape index (κ1) is 14.2. The number of amides is 1. The van der Waals surface area contributed by atoms with Gasteiger partial charge >= 0.3 is 0 Å². The lowest BCUT2D eigenvalue weighted by molar-refractivity contribution is -0.127. The van der Waals surface area contributed by atoms with Gasteiger partial charge in [0.1, 0.15) is 17.5 Å². The fraction of sp³-hybridized carbons (Fsp3) is 0.583. The minimum Gasteiger partial charge on any atom is -0.373 e. The molecule has 0 saturated heterocycles. The Morgan fingerprint density at radius 1 is 1.22 bits per heavy atom. The molecule has 0 aliphatic carbocycles. The highest BCUT2D eigenvalue weighted by Gasteiger charge is 2.15. The number of rotatable bonds is 4. The third kappa shape index (κ3) is 3.09. The number of hydrogen-bond acceptors (Lipinski definition) is 5. The molecular weight excluding hydrogens is 230 g/mol. The van der Waals surface area contributed by atoms with Gasteiger partial charge in [-0.15, -0.1) is 0 Å². The van der Waals surface area contributed by atoms with Crippen LogP contribution in [0.4, 0.5) is 11.6 Å². The Labute approximate surface area is 108 Å². The molecule has 0 radical (unpaired) electrons. The number of aryl methyl sites for hydroxylation is 1. The Morgan fingerprint density at radius 2 is 1.83 bits per heavy atom. The molecule has 1 aromatic rings. The summed E-state index contributed by atoms with van der Waals surface area (Å²) < 4.78 is 0. The van der Waals surface area contributed by atoms with E-state index in [2.05, 4.69) is 15.3 Å². The summed E-state index contributed by atoms with van der Waals surface area (Å²) in [4.78, 5) is 23.8. The van der Waals surface area contributed by atoms with Crippen LogP contribution in [0.25, 0.3) is 0 Å². The van der Waals surface area contributed by atoms with Crippen LogP contribution < -0.4 is 10.2 Å². The molecule has 0 unspecified atom stereocenters. The number of nitrogens with zero attached hydrogens (tertiary/aromatic N) is 4. The average molecular weight is 251 g/mol. The Morgan fingerprint density at radius 3 is 2.33 bits per heavy atom. The molecule has 0 aliphatic rings. The van der Waals surface area contributed by atoms with E-state index in [9.17, 15) is 4.79 Å². The SMILES string of the molecule is CNc1nc(C)nc(N(C)CC(=O)N(C)C)c1C. The van der Waals surface area contributed by atoms with Crippen molar-refractivity contribution in [1.82, 2.24) is 14.9 Å². The van der Waals surface area contributed by atoms with Crippen molar-refractivity contribution in [1.29, 1.82) is 0 Å². The highest BCUT2D eigenvalue weighted by atomic mass is 16.2. The standard InChI is InChI=1S/C12H21N5O/c1-8-11(13-3)14-9(2)15-12(8)17(6)7-10(18)16(4)5/h7H2,1-6H3,(H,13,14,15). The van der Waals surface area contributed by atoms with Crippen molar-refractivity contribution in [3.05, 3.63) is 11.4 Å². The fourth-order valence-electron chi connectivity index (χ4n) is 1.65. The molecule has 1 rings (SSSR count). The Hall–Kier alpha value is -1.85. The third-order valence-corrected chi connectivity index (χ3v) is 2.70. The average Bonchev–Trinajstić information content (AvgIpc) is 2.31. The van der Waals surface area contributed by atoms with Crippen molar-refractivity contribution in [2.75, 3.05) is 45.0 Å². The molecule has 6 nitrogen and oxygen atoms in total. The minimum absolute atomic E-state index is 0.0409. The van der Waals surface area contributed by atoms with E-state index in [1.807, 2.05) is 32.8 Å². The van der Waals surface area contributed by atoms with Gasteiger partial charge < -0.3 is 15.1 Å². The van der Waals surface area contributed by atoms with E-state index in [1.165, 1.54) is 0 Å². The van der Waals surface area contributed by atoms with E-state index in [1.54, 1.807) is 19.0 Å². The second kappa shape index (κ2) is 5.66.